The molecule has 252 valence electrons. The standard InChI is InChI=1S/C48H28N4OS/c1-3-13-30(14-4-1)37-25-33-18-9-10-19-34(33)26-38(37)47-51-45(35-23-22-29-12-7-8-17-32(29)24-35)50-46(52-47)36-20-11-21-41-44(36)39-27-43-40(28-42(39)53-41)49-48(54-43)31-15-5-2-6-16-31/h1-28H. The maximum atomic E-state index is 6.53. The molecule has 0 unspecified atom stereocenters. The van der Waals surface area contributed by atoms with Gasteiger partial charge in [-0.25, -0.2) is 19.9 Å². The molecule has 3 aromatic heterocycles. The number of benzene rings is 8. The van der Waals surface area contributed by atoms with Crippen LogP contribution in [-0.4, -0.2) is 19.9 Å². The second-order valence-corrected chi connectivity index (χ2v) is 14.5. The van der Waals surface area contributed by atoms with Crippen LogP contribution in [0, 0.1) is 0 Å². The number of hydrogen-bond donors (Lipinski definition) is 0. The lowest BCUT2D eigenvalue weighted by molar-refractivity contribution is 0.669. The van der Waals surface area contributed by atoms with Crippen LogP contribution in [-0.2, 0) is 0 Å². The van der Waals surface area contributed by atoms with Gasteiger partial charge in [0, 0.05) is 39.1 Å². The van der Waals surface area contributed by atoms with Gasteiger partial charge in [-0.05, 0) is 63.0 Å². The zero-order valence-electron chi connectivity index (χ0n) is 28.8. The van der Waals surface area contributed by atoms with E-state index >= 15 is 0 Å². The zero-order chi connectivity index (χ0) is 35.6. The molecule has 54 heavy (non-hydrogen) atoms. The maximum Gasteiger partial charge on any atom is 0.164 e. The van der Waals surface area contributed by atoms with E-state index in [9.17, 15) is 0 Å². The SMILES string of the molecule is c1ccc(-c2nc3cc4oc5cccc(-c6nc(-c7ccc8ccccc8c7)nc(-c7cc8ccccc8cc7-c7ccccc7)n6)c5c4cc3s2)cc1. The summed E-state index contributed by atoms with van der Waals surface area (Å²) < 4.78 is 7.63. The van der Waals surface area contributed by atoms with E-state index in [4.69, 9.17) is 24.4 Å². The van der Waals surface area contributed by atoms with Gasteiger partial charge in [-0.15, -0.1) is 11.3 Å². The highest BCUT2D eigenvalue weighted by Crippen LogP contribution is 2.41. The summed E-state index contributed by atoms with van der Waals surface area (Å²) in [5.41, 5.74) is 8.46. The van der Waals surface area contributed by atoms with E-state index in [-0.39, 0.29) is 0 Å². The van der Waals surface area contributed by atoms with Gasteiger partial charge in [0.1, 0.15) is 16.2 Å². The van der Waals surface area contributed by atoms with Crippen LogP contribution in [0.1, 0.15) is 0 Å². The molecule has 0 atom stereocenters. The van der Waals surface area contributed by atoms with Crippen molar-refractivity contribution in [2.45, 2.75) is 0 Å². The van der Waals surface area contributed by atoms with E-state index in [1.165, 1.54) is 0 Å². The lowest BCUT2D eigenvalue weighted by atomic mass is 9.95. The zero-order valence-corrected chi connectivity index (χ0v) is 29.6. The first-order chi connectivity index (χ1) is 26.7. The molecule has 0 spiro atoms. The lowest BCUT2D eigenvalue weighted by Crippen LogP contribution is -2.01. The molecule has 0 N–H and O–H groups in total. The highest BCUT2D eigenvalue weighted by Gasteiger charge is 2.21. The first-order valence-electron chi connectivity index (χ1n) is 17.9. The molecule has 0 saturated carbocycles. The van der Waals surface area contributed by atoms with E-state index < -0.39 is 0 Å². The van der Waals surface area contributed by atoms with Gasteiger partial charge in [0.2, 0.25) is 0 Å². The normalized spacial score (nSPS) is 11.7. The highest BCUT2D eigenvalue weighted by atomic mass is 32.1. The van der Waals surface area contributed by atoms with Crippen LogP contribution >= 0.6 is 11.3 Å². The quantitative estimate of drug-likeness (QED) is 0.178. The van der Waals surface area contributed by atoms with Crippen LogP contribution in [0.3, 0.4) is 0 Å². The van der Waals surface area contributed by atoms with Gasteiger partial charge < -0.3 is 4.42 Å². The topological polar surface area (TPSA) is 64.7 Å². The molecular weight excluding hydrogens is 681 g/mol. The molecule has 0 radical (unpaired) electrons. The van der Waals surface area contributed by atoms with Crippen molar-refractivity contribution in [1.82, 2.24) is 19.9 Å². The molecule has 0 aliphatic heterocycles. The van der Waals surface area contributed by atoms with Crippen LogP contribution in [0.4, 0.5) is 0 Å². The van der Waals surface area contributed by atoms with Gasteiger partial charge in [-0.2, -0.15) is 0 Å². The Morgan fingerprint density at radius 1 is 0.389 bits per heavy atom. The minimum Gasteiger partial charge on any atom is -0.456 e. The van der Waals surface area contributed by atoms with Crippen molar-refractivity contribution in [1.29, 1.82) is 0 Å². The van der Waals surface area contributed by atoms with Crippen molar-refractivity contribution in [2.75, 3.05) is 0 Å². The Morgan fingerprint density at radius 2 is 1.02 bits per heavy atom. The van der Waals surface area contributed by atoms with Crippen LogP contribution in [0.15, 0.2) is 174 Å². The Hall–Kier alpha value is -7.02. The molecule has 0 aliphatic rings. The minimum absolute atomic E-state index is 0.581. The number of rotatable bonds is 5. The van der Waals surface area contributed by atoms with Gasteiger partial charge in [0.05, 0.1) is 10.2 Å². The first kappa shape index (κ1) is 30.6. The molecule has 11 aromatic rings. The predicted molar refractivity (Wildman–Crippen MR) is 222 cm³/mol. The summed E-state index contributed by atoms with van der Waals surface area (Å²) in [5.74, 6) is 1.79. The minimum atomic E-state index is 0.581. The summed E-state index contributed by atoms with van der Waals surface area (Å²) in [7, 11) is 0. The lowest BCUT2D eigenvalue weighted by Gasteiger charge is -2.14. The third-order valence-electron chi connectivity index (χ3n) is 10.1. The Balaban J connectivity index is 1.17. The summed E-state index contributed by atoms with van der Waals surface area (Å²) in [6.45, 7) is 0. The fourth-order valence-corrected chi connectivity index (χ4v) is 8.49. The predicted octanol–water partition coefficient (Wildman–Crippen LogP) is 13.0. The number of fused-ring (bicyclic) bond motifs is 6. The molecular formula is C48H28N4OS. The fourth-order valence-electron chi connectivity index (χ4n) is 7.49. The third kappa shape index (κ3) is 5.15. The summed E-state index contributed by atoms with van der Waals surface area (Å²) in [4.78, 5) is 20.8. The monoisotopic (exact) mass is 708 g/mol. The first-order valence-corrected chi connectivity index (χ1v) is 18.7. The molecule has 6 heteroatoms. The molecule has 3 heterocycles. The summed E-state index contributed by atoms with van der Waals surface area (Å²) in [6, 6.07) is 58.8. The second-order valence-electron chi connectivity index (χ2n) is 13.5. The molecule has 5 nitrogen and oxygen atoms in total. The molecule has 11 rings (SSSR count). The van der Waals surface area contributed by atoms with Crippen LogP contribution in [0.5, 0.6) is 0 Å². The van der Waals surface area contributed by atoms with E-state index in [2.05, 4.69) is 133 Å². The Morgan fingerprint density at radius 3 is 1.78 bits per heavy atom. The summed E-state index contributed by atoms with van der Waals surface area (Å²) in [6.07, 6.45) is 0. The van der Waals surface area contributed by atoms with Crippen LogP contribution in [0.25, 0.3) is 110 Å². The van der Waals surface area contributed by atoms with Gasteiger partial charge in [0.15, 0.2) is 17.5 Å². The summed E-state index contributed by atoms with van der Waals surface area (Å²) >= 11 is 1.69. The smallest absolute Gasteiger partial charge is 0.164 e. The van der Waals surface area contributed by atoms with Crippen molar-refractivity contribution in [3.63, 3.8) is 0 Å². The number of thiazole rings is 1. The average Bonchev–Trinajstić information content (AvgIpc) is 3.83. The average molecular weight is 709 g/mol. The molecule has 0 bridgehead atoms. The van der Waals surface area contributed by atoms with Gasteiger partial charge in [-0.3, -0.25) is 0 Å². The van der Waals surface area contributed by atoms with Crippen LogP contribution in [0.2, 0.25) is 0 Å². The van der Waals surface area contributed by atoms with Crippen molar-refractivity contribution in [3.05, 3.63) is 170 Å². The van der Waals surface area contributed by atoms with Crippen molar-refractivity contribution >= 4 is 65.0 Å². The third-order valence-corrected chi connectivity index (χ3v) is 11.2. The van der Waals surface area contributed by atoms with Crippen molar-refractivity contribution < 1.29 is 4.42 Å². The van der Waals surface area contributed by atoms with Crippen molar-refractivity contribution in [3.8, 4) is 55.9 Å². The highest BCUT2D eigenvalue weighted by molar-refractivity contribution is 7.21. The van der Waals surface area contributed by atoms with E-state index in [1.54, 1.807) is 11.3 Å². The van der Waals surface area contributed by atoms with Gasteiger partial charge in [-0.1, -0.05) is 133 Å². The van der Waals surface area contributed by atoms with E-state index in [0.29, 0.717) is 17.5 Å². The molecule has 0 saturated heterocycles. The molecule has 0 amide bonds. The largest absolute Gasteiger partial charge is 0.456 e. The Kier molecular flexibility index (Phi) is 6.97. The number of nitrogens with zero attached hydrogens (tertiary/aromatic N) is 4. The van der Waals surface area contributed by atoms with E-state index in [1.807, 2.05) is 36.4 Å². The molecule has 0 fully saturated rings. The Labute approximate surface area is 313 Å². The van der Waals surface area contributed by atoms with E-state index in [0.717, 1.165) is 92.1 Å². The molecule has 0 aliphatic carbocycles. The summed E-state index contributed by atoms with van der Waals surface area (Å²) in [5, 5.41) is 7.51. The fraction of sp³-hybridized carbons (Fsp3) is 0. The Bertz CT molecular complexity index is 3220. The number of furan rings is 1. The second kappa shape index (κ2) is 12.3. The maximum absolute atomic E-state index is 6.53. The number of aromatic nitrogens is 4. The molecule has 8 aromatic carbocycles. The van der Waals surface area contributed by atoms with Gasteiger partial charge >= 0.3 is 0 Å². The van der Waals surface area contributed by atoms with Crippen molar-refractivity contribution in [2.24, 2.45) is 0 Å². The number of hydrogen-bond acceptors (Lipinski definition) is 6. The van der Waals surface area contributed by atoms with Gasteiger partial charge in [0.25, 0.3) is 0 Å². The van der Waals surface area contributed by atoms with Crippen LogP contribution < -0.4 is 0 Å².